The molecule has 0 bridgehead atoms. The number of hydrogen-bond donors (Lipinski definition) is 12. The number of amides is 8. The van der Waals surface area contributed by atoms with E-state index in [1.165, 1.54) is 49.4 Å². The van der Waals surface area contributed by atoms with E-state index < -0.39 is 114 Å². The highest BCUT2D eigenvalue weighted by Crippen LogP contribution is 2.20. The standard InChI is InChI=1S/C41H61N15O10/c1-20(2)9-27(51-36(60)29(11-24-15-45-18-48-24)53-38(62)31-7-6-8-56(31)40(64)26(42)13-32(43)57)35(59)52-30(12-25-16-46-19-49-25)37(61)55-33(21(3)4)39(63)54-28(10-23-14-44-17-47-23)34(58)50-22(5)41(65)66/h14-22,26-31,33H,6-13,42H2,1-5H3,(H2,43,57)(H,44,47)(H,45,48)(H,46,49)(H,50,58)(H,51,60)(H,52,59)(H,53,62)(H,54,63)(H,55,61)(H,65,66)/t22-,26-,27-,28-,29-,30-,31-,33-/m0/s1. The van der Waals surface area contributed by atoms with E-state index in [-0.39, 0.29) is 44.6 Å². The highest BCUT2D eigenvalue weighted by atomic mass is 16.4. The minimum Gasteiger partial charge on any atom is -0.480 e. The number of imidazole rings is 3. The topological polar surface area (TPSA) is 387 Å². The summed E-state index contributed by atoms with van der Waals surface area (Å²) in [5, 5.41) is 25.2. The Morgan fingerprint density at radius 3 is 1.59 bits per heavy atom. The number of likely N-dealkylation sites (tertiary alicyclic amines) is 1. The summed E-state index contributed by atoms with van der Waals surface area (Å²) in [4.78, 5) is 141. The first-order chi connectivity index (χ1) is 31.2. The summed E-state index contributed by atoms with van der Waals surface area (Å²) in [5.74, 6) is -8.05. The van der Waals surface area contributed by atoms with Crippen LogP contribution in [0.5, 0.6) is 0 Å². The Morgan fingerprint density at radius 2 is 1.14 bits per heavy atom. The van der Waals surface area contributed by atoms with Crippen molar-refractivity contribution in [2.75, 3.05) is 6.54 Å². The van der Waals surface area contributed by atoms with Gasteiger partial charge in [0, 0.05) is 61.5 Å². The molecule has 66 heavy (non-hydrogen) atoms. The molecule has 0 unspecified atom stereocenters. The summed E-state index contributed by atoms with van der Waals surface area (Å²) < 4.78 is 0. The van der Waals surface area contributed by atoms with Crippen LogP contribution < -0.4 is 43.4 Å². The molecule has 25 nitrogen and oxygen atoms in total. The first-order valence-electron chi connectivity index (χ1n) is 21.5. The average molecular weight is 924 g/mol. The lowest BCUT2D eigenvalue weighted by molar-refractivity contribution is -0.142. The molecule has 1 saturated heterocycles. The highest BCUT2D eigenvalue weighted by Gasteiger charge is 2.39. The zero-order chi connectivity index (χ0) is 48.7. The predicted octanol–water partition coefficient (Wildman–Crippen LogP) is -3.21. The molecular weight excluding hydrogens is 863 g/mol. The number of rotatable bonds is 25. The number of nitrogens with two attached hydrogens (primary N) is 2. The summed E-state index contributed by atoms with van der Waals surface area (Å²) in [6.45, 7) is 8.37. The fourth-order valence-corrected chi connectivity index (χ4v) is 7.24. The van der Waals surface area contributed by atoms with Crippen molar-refractivity contribution < 1.29 is 48.3 Å². The number of carboxylic acid groups (broad SMARTS) is 1. The molecule has 14 N–H and O–H groups in total. The number of carboxylic acids is 1. The molecule has 1 aliphatic heterocycles. The number of hydrogen-bond acceptors (Lipinski definition) is 13. The van der Waals surface area contributed by atoms with Gasteiger partial charge in [-0.2, -0.15) is 0 Å². The number of carbonyl (C=O) groups excluding carboxylic acids is 8. The van der Waals surface area contributed by atoms with Gasteiger partial charge in [0.25, 0.3) is 0 Å². The van der Waals surface area contributed by atoms with Crippen molar-refractivity contribution in [1.29, 1.82) is 0 Å². The van der Waals surface area contributed by atoms with Gasteiger partial charge in [0.05, 0.1) is 31.4 Å². The van der Waals surface area contributed by atoms with Gasteiger partial charge in [0.1, 0.15) is 42.3 Å². The first kappa shape index (κ1) is 51.5. The number of aromatic amines is 3. The van der Waals surface area contributed by atoms with Crippen molar-refractivity contribution in [2.45, 2.75) is 128 Å². The maximum Gasteiger partial charge on any atom is 0.325 e. The molecule has 8 atom stereocenters. The number of carbonyl (C=O) groups is 9. The van der Waals surface area contributed by atoms with Crippen LogP contribution in [0.15, 0.2) is 37.6 Å². The summed E-state index contributed by atoms with van der Waals surface area (Å²) in [5.41, 5.74) is 12.5. The van der Waals surface area contributed by atoms with E-state index in [9.17, 15) is 48.3 Å². The first-order valence-corrected chi connectivity index (χ1v) is 21.5. The molecule has 0 aromatic carbocycles. The van der Waals surface area contributed by atoms with Gasteiger partial charge < -0.3 is 68.3 Å². The Morgan fingerprint density at radius 1 is 0.682 bits per heavy atom. The van der Waals surface area contributed by atoms with Gasteiger partial charge in [0.15, 0.2) is 0 Å². The summed E-state index contributed by atoms with van der Waals surface area (Å²) in [6, 6.07) is -10.0. The lowest BCUT2D eigenvalue weighted by Crippen LogP contribution is -2.61. The Balaban J connectivity index is 1.54. The zero-order valence-electron chi connectivity index (χ0n) is 37.5. The van der Waals surface area contributed by atoms with Gasteiger partial charge in [-0.3, -0.25) is 43.2 Å². The molecule has 3 aromatic heterocycles. The van der Waals surface area contributed by atoms with E-state index in [1.54, 1.807) is 13.8 Å². The number of aromatic nitrogens is 6. The monoisotopic (exact) mass is 923 g/mol. The lowest BCUT2D eigenvalue weighted by atomic mass is 9.99. The van der Waals surface area contributed by atoms with Gasteiger partial charge in [-0.25, -0.2) is 15.0 Å². The van der Waals surface area contributed by atoms with Gasteiger partial charge in [-0.1, -0.05) is 27.7 Å². The third kappa shape index (κ3) is 15.2. The Bertz CT molecular complexity index is 2130. The van der Waals surface area contributed by atoms with E-state index in [2.05, 4.69) is 61.8 Å². The summed E-state index contributed by atoms with van der Waals surface area (Å²) in [7, 11) is 0. The fraction of sp³-hybridized carbons (Fsp3) is 0.561. The van der Waals surface area contributed by atoms with Crippen molar-refractivity contribution in [2.24, 2.45) is 23.3 Å². The van der Waals surface area contributed by atoms with E-state index >= 15 is 0 Å². The van der Waals surface area contributed by atoms with Gasteiger partial charge in [-0.15, -0.1) is 0 Å². The van der Waals surface area contributed by atoms with Crippen LogP contribution in [0, 0.1) is 11.8 Å². The number of primary amides is 1. The molecule has 0 saturated carbocycles. The molecule has 0 radical (unpaired) electrons. The normalized spacial score (nSPS) is 16.8. The quantitative estimate of drug-likeness (QED) is 0.0398. The summed E-state index contributed by atoms with van der Waals surface area (Å²) in [6.07, 6.45) is 8.50. The van der Waals surface area contributed by atoms with E-state index in [4.69, 9.17) is 11.5 Å². The summed E-state index contributed by atoms with van der Waals surface area (Å²) >= 11 is 0. The van der Waals surface area contributed by atoms with Crippen LogP contribution >= 0.6 is 0 Å². The van der Waals surface area contributed by atoms with Gasteiger partial charge >= 0.3 is 5.97 Å². The minimum atomic E-state index is -1.36. The average Bonchev–Trinajstić information content (AvgIpc) is 4.10. The van der Waals surface area contributed by atoms with Crippen molar-refractivity contribution in [1.82, 2.24) is 66.7 Å². The maximum atomic E-state index is 14.3. The number of H-pyrrole nitrogens is 3. The van der Waals surface area contributed by atoms with Crippen LogP contribution in [0.1, 0.15) is 77.4 Å². The molecule has 4 heterocycles. The second-order valence-electron chi connectivity index (χ2n) is 17.0. The number of nitrogens with one attached hydrogen (secondary N) is 9. The van der Waals surface area contributed by atoms with Crippen molar-refractivity contribution in [3.8, 4) is 0 Å². The molecule has 360 valence electrons. The minimum absolute atomic E-state index is 0.0840. The molecule has 4 rings (SSSR count). The van der Waals surface area contributed by atoms with E-state index in [1.807, 2.05) is 13.8 Å². The van der Waals surface area contributed by atoms with Crippen LogP contribution in [-0.2, 0) is 62.4 Å². The predicted molar refractivity (Wildman–Crippen MR) is 233 cm³/mol. The lowest BCUT2D eigenvalue weighted by Gasteiger charge is -2.30. The molecule has 1 fully saturated rings. The molecule has 8 amide bonds. The van der Waals surface area contributed by atoms with Gasteiger partial charge in [-0.05, 0) is 38.0 Å². The number of nitrogens with zero attached hydrogens (tertiary/aromatic N) is 4. The third-order valence-electron chi connectivity index (χ3n) is 10.7. The van der Waals surface area contributed by atoms with Crippen molar-refractivity contribution >= 4 is 53.2 Å². The molecular formula is C41H61N15O10. The Labute approximate surface area is 379 Å². The fourth-order valence-electron chi connectivity index (χ4n) is 7.24. The van der Waals surface area contributed by atoms with Crippen LogP contribution in [0.2, 0.25) is 0 Å². The Hall–Kier alpha value is -7.18. The smallest absolute Gasteiger partial charge is 0.325 e. The zero-order valence-corrected chi connectivity index (χ0v) is 37.5. The SMILES string of the molecule is CC(C)C[C@H](NC(=O)[C@H](Cc1cnc[nH]1)NC(=O)[C@@H]1CCCN1C(=O)[C@@H](N)CC(N)=O)C(=O)N[C@@H](Cc1cnc[nH]1)C(=O)N[C@H](C(=O)N[C@@H](Cc1cnc[nH]1)C(=O)N[C@@H](C)C(=O)O)C(C)C. The van der Waals surface area contributed by atoms with Gasteiger partial charge in [0.2, 0.25) is 47.3 Å². The largest absolute Gasteiger partial charge is 0.480 e. The van der Waals surface area contributed by atoms with Crippen molar-refractivity contribution in [3.63, 3.8) is 0 Å². The Kier molecular flexibility index (Phi) is 18.9. The maximum absolute atomic E-state index is 14.3. The van der Waals surface area contributed by atoms with Crippen LogP contribution in [0.3, 0.4) is 0 Å². The van der Waals surface area contributed by atoms with Crippen LogP contribution in [0.25, 0.3) is 0 Å². The van der Waals surface area contributed by atoms with Crippen molar-refractivity contribution in [3.05, 3.63) is 54.7 Å². The van der Waals surface area contributed by atoms with Crippen LogP contribution in [-0.4, -0.2) is 148 Å². The van der Waals surface area contributed by atoms with Crippen LogP contribution in [0.4, 0.5) is 0 Å². The number of aliphatic carboxylic acids is 1. The molecule has 0 aliphatic carbocycles. The third-order valence-corrected chi connectivity index (χ3v) is 10.7. The highest BCUT2D eigenvalue weighted by molar-refractivity contribution is 5.98. The molecule has 25 heteroatoms. The molecule has 0 spiro atoms. The molecule has 3 aromatic rings. The second kappa shape index (κ2) is 24.2. The van der Waals surface area contributed by atoms with E-state index in [0.717, 1.165) is 0 Å². The second-order valence-corrected chi connectivity index (χ2v) is 17.0. The van der Waals surface area contributed by atoms with E-state index in [0.29, 0.717) is 23.5 Å². The molecule has 1 aliphatic rings.